The normalized spacial score (nSPS) is 12.8. The van der Waals surface area contributed by atoms with Gasteiger partial charge in [0.25, 0.3) is 0 Å². The van der Waals surface area contributed by atoms with Crippen molar-refractivity contribution < 1.29 is 17.9 Å². The number of benzene rings is 2. The number of ether oxygens (including phenoxy) is 1. The molecule has 0 aliphatic rings. The van der Waals surface area contributed by atoms with Crippen molar-refractivity contribution in [3.05, 3.63) is 63.1 Å². The number of sulfonamides is 1. The topological polar surface area (TPSA) is 63.7 Å². The number of carbonyl (C=O) groups excluding carboxylic acids is 1. The summed E-state index contributed by atoms with van der Waals surface area (Å²) in [7, 11) is -3.84. The Bertz CT molecular complexity index is 965. The Morgan fingerprint density at radius 2 is 1.93 bits per heavy atom. The average molecular weight is 503 g/mol. The Morgan fingerprint density at radius 1 is 1.24 bits per heavy atom. The van der Waals surface area contributed by atoms with Crippen LogP contribution in [0.5, 0.6) is 0 Å². The van der Waals surface area contributed by atoms with Gasteiger partial charge in [0.05, 0.1) is 11.5 Å². The van der Waals surface area contributed by atoms with Gasteiger partial charge in [-0.05, 0) is 62.6 Å². The molecular weight excluding hydrogens is 478 g/mol. The lowest BCUT2D eigenvalue weighted by Gasteiger charge is -2.29. The summed E-state index contributed by atoms with van der Waals surface area (Å²) in [6.07, 6.45) is 0.510. The van der Waals surface area contributed by atoms with Gasteiger partial charge >= 0.3 is 5.97 Å². The molecule has 0 aliphatic heterocycles. The molecule has 0 fully saturated rings. The van der Waals surface area contributed by atoms with Gasteiger partial charge in [-0.15, -0.1) is 0 Å². The summed E-state index contributed by atoms with van der Waals surface area (Å²) in [4.78, 5) is 11.9. The van der Waals surface area contributed by atoms with E-state index in [1.54, 1.807) is 32.0 Å². The Kier molecular flexibility index (Phi) is 8.70. The number of halogens is 2. The Morgan fingerprint density at radius 3 is 2.59 bits per heavy atom. The highest BCUT2D eigenvalue weighted by atomic mass is 79.9. The standard InChI is InChI=1S/C21H25BrClNO4S/c1-4-28-21(25)12-7-13-24(16(3)17-8-5-9-18(22)14-17)29(26,27)20-11-6-10-19(23)15(20)2/h5-6,8-11,14,16H,4,7,12-13H2,1-3H3/t16-/m1/s1. The smallest absolute Gasteiger partial charge is 0.305 e. The molecule has 0 saturated carbocycles. The van der Waals surface area contributed by atoms with Crippen LogP contribution in [0.3, 0.4) is 0 Å². The van der Waals surface area contributed by atoms with E-state index in [0.717, 1.165) is 10.0 Å². The molecule has 0 N–H and O–H groups in total. The SMILES string of the molecule is CCOC(=O)CCCN([C@H](C)c1cccc(Br)c1)S(=O)(=O)c1cccc(Cl)c1C. The molecule has 0 bridgehead atoms. The highest BCUT2D eigenvalue weighted by molar-refractivity contribution is 9.10. The molecule has 0 aromatic heterocycles. The van der Waals surface area contributed by atoms with E-state index in [1.165, 1.54) is 4.31 Å². The van der Waals surface area contributed by atoms with Crippen molar-refractivity contribution in [2.24, 2.45) is 0 Å². The molecule has 0 spiro atoms. The van der Waals surface area contributed by atoms with Crippen LogP contribution >= 0.6 is 27.5 Å². The highest BCUT2D eigenvalue weighted by Gasteiger charge is 2.31. The maximum absolute atomic E-state index is 13.5. The average Bonchev–Trinajstić information content (AvgIpc) is 2.67. The summed E-state index contributed by atoms with van der Waals surface area (Å²) < 4.78 is 34.3. The molecule has 1 atom stereocenters. The van der Waals surface area contributed by atoms with Crippen LogP contribution in [0.4, 0.5) is 0 Å². The summed E-state index contributed by atoms with van der Waals surface area (Å²) in [6, 6.07) is 11.9. The molecule has 0 radical (unpaired) electrons. The number of rotatable bonds is 9. The first-order valence-electron chi connectivity index (χ1n) is 9.36. The zero-order valence-electron chi connectivity index (χ0n) is 16.7. The number of hydrogen-bond donors (Lipinski definition) is 0. The molecule has 0 aliphatic carbocycles. The minimum Gasteiger partial charge on any atom is -0.466 e. The molecule has 0 saturated heterocycles. The Labute approximate surface area is 186 Å². The van der Waals surface area contributed by atoms with Gasteiger partial charge in [0.1, 0.15) is 0 Å². The lowest BCUT2D eigenvalue weighted by Crippen LogP contribution is -2.35. The van der Waals surface area contributed by atoms with Crippen LogP contribution < -0.4 is 0 Å². The first kappa shape index (κ1) is 23.9. The molecule has 5 nitrogen and oxygen atoms in total. The van der Waals surface area contributed by atoms with E-state index in [2.05, 4.69) is 15.9 Å². The molecule has 158 valence electrons. The van der Waals surface area contributed by atoms with Crippen molar-refractivity contribution in [2.75, 3.05) is 13.2 Å². The number of nitrogens with zero attached hydrogens (tertiary/aromatic N) is 1. The fourth-order valence-electron chi connectivity index (χ4n) is 3.06. The van der Waals surface area contributed by atoms with Gasteiger partial charge in [0.2, 0.25) is 10.0 Å². The molecule has 2 aromatic rings. The summed E-state index contributed by atoms with van der Waals surface area (Å²) in [5.41, 5.74) is 1.35. The molecule has 2 rings (SSSR count). The van der Waals surface area contributed by atoms with Crippen molar-refractivity contribution in [3.63, 3.8) is 0 Å². The summed E-state index contributed by atoms with van der Waals surface area (Å²) in [6.45, 7) is 5.75. The van der Waals surface area contributed by atoms with E-state index in [-0.39, 0.29) is 23.8 Å². The van der Waals surface area contributed by atoms with Crippen LogP contribution in [0, 0.1) is 6.92 Å². The first-order chi connectivity index (χ1) is 13.7. The van der Waals surface area contributed by atoms with E-state index in [4.69, 9.17) is 16.3 Å². The van der Waals surface area contributed by atoms with E-state index in [9.17, 15) is 13.2 Å². The van der Waals surface area contributed by atoms with E-state index in [0.29, 0.717) is 23.6 Å². The molecule has 0 heterocycles. The third kappa shape index (κ3) is 6.04. The van der Waals surface area contributed by atoms with Gasteiger partial charge in [-0.25, -0.2) is 8.42 Å². The van der Waals surface area contributed by atoms with Gasteiger partial charge in [-0.1, -0.05) is 45.7 Å². The third-order valence-corrected chi connectivity index (χ3v) is 7.65. The van der Waals surface area contributed by atoms with Crippen molar-refractivity contribution in [1.29, 1.82) is 0 Å². The molecule has 0 amide bonds. The minimum absolute atomic E-state index is 0.152. The Hall–Kier alpha value is -1.41. The minimum atomic E-state index is -3.84. The first-order valence-corrected chi connectivity index (χ1v) is 12.0. The lowest BCUT2D eigenvalue weighted by atomic mass is 10.1. The summed E-state index contributed by atoms with van der Waals surface area (Å²) in [5.74, 6) is -0.334. The maximum atomic E-state index is 13.5. The van der Waals surface area contributed by atoms with Crippen molar-refractivity contribution >= 4 is 43.5 Å². The monoisotopic (exact) mass is 501 g/mol. The van der Waals surface area contributed by atoms with Crippen LogP contribution in [-0.4, -0.2) is 31.8 Å². The quantitative estimate of drug-likeness (QED) is 0.424. The second-order valence-corrected chi connectivity index (χ2v) is 9.80. The van der Waals surface area contributed by atoms with Gasteiger partial charge in [0.15, 0.2) is 0 Å². The second-order valence-electron chi connectivity index (χ2n) is 6.62. The number of hydrogen-bond acceptors (Lipinski definition) is 4. The van der Waals surface area contributed by atoms with Gasteiger partial charge in [0, 0.05) is 28.5 Å². The van der Waals surface area contributed by atoms with Crippen molar-refractivity contribution in [1.82, 2.24) is 4.31 Å². The van der Waals surface area contributed by atoms with E-state index < -0.39 is 16.1 Å². The van der Waals surface area contributed by atoms with E-state index >= 15 is 0 Å². The van der Waals surface area contributed by atoms with Gasteiger partial charge in [-0.2, -0.15) is 4.31 Å². The third-order valence-electron chi connectivity index (χ3n) is 4.63. The molecule has 2 aromatic carbocycles. The van der Waals surface area contributed by atoms with E-state index in [1.807, 2.05) is 31.2 Å². The largest absolute Gasteiger partial charge is 0.466 e. The predicted octanol–water partition coefficient (Wildman–Crippen LogP) is 5.51. The second kappa shape index (κ2) is 10.6. The van der Waals surface area contributed by atoms with Gasteiger partial charge < -0.3 is 4.74 Å². The zero-order chi connectivity index (χ0) is 21.6. The van der Waals surface area contributed by atoms with Crippen molar-refractivity contribution in [3.8, 4) is 0 Å². The number of esters is 1. The Balaban J connectivity index is 2.40. The fourth-order valence-corrected chi connectivity index (χ4v) is 5.62. The molecule has 8 heteroatoms. The number of carbonyl (C=O) groups is 1. The van der Waals surface area contributed by atoms with Crippen LogP contribution in [0.15, 0.2) is 51.8 Å². The zero-order valence-corrected chi connectivity index (χ0v) is 19.9. The van der Waals surface area contributed by atoms with Crippen LogP contribution in [-0.2, 0) is 19.6 Å². The summed E-state index contributed by atoms with van der Waals surface area (Å²) in [5, 5.41) is 0.396. The highest BCUT2D eigenvalue weighted by Crippen LogP contribution is 2.32. The molecule has 0 unspecified atom stereocenters. The van der Waals surface area contributed by atoms with Crippen LogP contribution in [0.1, 0.15) is 43.9 Å². The lowest BCUT2D eigenvalue weighted by molar-refractivity contribution is -0.143. The summed E-state index contributed by atoms with van der Waals surface area (Å²) >= 11 is 9.61. The van der Waals surface area contributed by atoms with Crippen molar-refractivity contribution in [2.45, 2.75) is 44.6 Å². The molecule has 29 heavy (non-hydrogen) atoms. The van der Waals surface area contributed by atoms with Gasteiger partial charge in [-0.3, -0.25) is 4.79 Å². The predicted molar refractivity (Wildman–Crippen MR) is 119 cm³/mol. The molecular formula is C21H25BrClNO4S. The van der Waals surface area contributed by atoms with Crippen LogP contribution in [0.25, 0.3) is 0 Å². The fraction of sp³-hybridized carbons (Fsp3) is 0.381. The maximum Gasteiger partial charge on any atom is 0.305 e. The van der Waals surface area contributed by atoms with Crippen LogP contribution in [0.2, 0.25) is 5.02 Å².